The molecule has 0 spiro atoms. The van der Waals surface area contributed by atoms with Gasteiger partial charge in [-0.15, -0.1) is 0 Å². The number of amides is 1. The Balaban J connectivity index is 1.87. The van der Waals surface area contributed by atoms with Crippen molar-refractivity contribution in [2.45, 2.75) is 39.2 Å². The van der Waals surface area contributed by atoms with Crippen molar-refractivity contribution >= 4 is 6.09 Å². The van der Waals surface area contributed by atoms with E-state index in [9.17, 15) is 13.6 Å². The summed E-state index contributed by atoms with van der Waals surface area (Å²) in [5.74, 6) is -1.23. The van der Waals surface area contributed by atoms with Gasteiger partial charge in [-0.05, 0) is 45.7 Å². The summed E-state index contributed by atoms with van der Waals surface area (Å²) >= 11 is 0. The van der Waals surface area contributed by atoms with E-state index < -0.39 is 17.2 Å². The molecule has 1 aromatic carbocycles. The van der Waals surface area contributed by atoms with Gasteiger partial charge >= 0.3 is 6.09 Å². The Bertz CT molecular complexity index is 557. The third-order valence-electron chi connectivity index (χ3n) is 3.54. The van der Waals surface area contributed by atoms with E-state index >= 15 is 0 Å². The SMILES string of the molecule is CC(C)(C)OC(=O)N1CCC[C@@H](COc2ccc(F)cc2F)C1. The topological polar surface area (TPSA) is 38.8 Å². The van der Waals surface area contributed by atoms with Crippen molar-refractivity contribution < 1.29 is 23.0 Å². The van der Waals surface area contributed by atoms with E-state index in [1.165, 1.54) is 6.07 Å². The van der Waals surface area contributed by atoms with Crippen LogP contribution in [-0.4, -0.2) is 36.3 Å². The van der Waals surface area contributed by atoms with Gasteiger partial charge in [-0.3, -0.25) is 0 Å². The summed E-state index contributed by atoms with van der Waals surface area (Å²) < 4.78 is 37.2. The van der Waals surface area contributed by atoms with Gasteiger partial charge in [-0.25, -0.2) is 13.6 Å². The van der Waals surface area contributed by atoms with E-state index in [0.717, 1.165) is 25.0 Å². The van der Waals surface area contributed by atoms with Crippen LogP contribution in [0.15, 0.2) is 18.2 Å². The Morgan fingerprint density at radius 3 is 2.74 bits per heavy atom. The third kappa shape index (κ3) is 5.37. The molecule has 2 rings (SSSR count). The van der Waals surface area contributed by atoms with E-state index in [1.807, 2.05) is 20.8 Å². The van der Waals surface area contributed by atoms with Crippen LogP contribution >= 0.6 is 0 Å². The summed E-state index contributed by atoms with van der Waals surface area (Å²) in [7, 11) is 0. The number of carbonyl (C=O) groups excluding carboxylic acids is 1. The van der Waals surface area contributed by atoms with Crippen molar-refractivity contribution in [3.05, 3.63) is 29.8 Å². The third-order valence-corrected chi connectivity index (χ3v) is 3.54. The molecule has 6 heteroatoms. The Morgan fingerprint density at radius 2 is 2.09 bits per heavy atom. The number of rotatable bonds is 3. The number of carbonyl (C=O) groups is 1. The summed E-state index contributed by atoms with van der Waals surface area (Å²) in [5.41, 5.74) is -0.530. The van der Waals surface area contributed by atoms with Crippen LogP contribution in [0, 0.1) is 17.6 Å². The molecule has 1 aromatic rings. The second-order valence-electron chi connectivity index (χ2n) is 6.82. The van der Waals surface area contributed by atoms with Crippen molar-refractivity contribution in [1.29, 1.82) is 0 Å². The molecule has 1 aliphatic heterocycles. The highest BCUT2D eigenvalue weighted by molar-refractivity contribution is 5.68. The minimum absolute atomic E-state index is 0.0285. The molecule has 1 fully saturated rings. The molecule has 0 radical (unpaired) electrons. The van der Waals surface area contributed by atoms with Gasteiger partial charge in [0.25, 0.3) is 0 Å². The van der Waals surface area contributed by atoms with Crippen molar-refractivity contribution in [2.75, 3.05) is 19.7 Å². The number of hydrogen-bond donors (Lipinski definition) is 0. The van der Waals surface area contributed by atoms with Gasteiger partial charge in [0, 0.05) is 25.1 Å². The fourth-order valence-corrected chi connectivity index (χ4v) is 2.49. The zero-order chi connectivity index (χ0) is 17.0. The van der Waals surface area contributed by atoms with Crippen molar-refractivity contribution in [2.24, 2.45) is 5.92 Å². The lowest BCUT2D eigenvalue weighted by molar-refractivity contribution is 0.0138. The number of nitrogens with zero attached hydrogens (tertiary/aromatic N) is 1. The summed E-state index contributed by atoms with van der Waals surface area (Å²) in [6.07, 6.45) is 1.40. The molecule has 1 aliphatic rings. The first-order chi connectivity index (χ1) is 10.7. The first-order valence-electron chi connectivity index (χ1n) is 7.80. The van der Waals surface area contributed by atoms with Crippen LogP contribution < -0.4 is 4.74 Å². The number of ether oxygens (including phenoxy) is 2. The lowest BCUT2D eigenvalue weighted by Crippen LogP contribution is -2.44. The van der Waals surface area contributed by atoms with Gasteiger partial charge in [0.1, 0.15) is 11.4 Å². The molecule has 0 N–H and O–H groups in total. The average molecular weight is 327 g/mol. The molecule has 1 amide bonds. The van der Waals surface area contributed by atoms with Gasteiger partial charge in [-0.2, -0.15) is 0 Å². The first-order valence-corrected chi connectivity index (χ1v) is 7.80. The van der Waals surface area contributed by atoms with Crippen LogP contribution in [0.1, 0.15) is 33.6 Å². The standard InChI is InChI=1S/C17H23F2NO3/c1-17(2,3)23-16(21)20-8-4-5-12(10-20)11-22-15-7-6-13(18)9-14(15)19/h6-7,9,12H,4-5,8,10-11H2,1-3H3/t12-/m1/s1. The maximum Gasteiger partial charge on any atom is 0.410 e. The monoisotopic (exact) mass is 327 g/mol. The van der Waals surface area contributed by atoms with Gasteiger partial charge in [0.15, 0.2) is 11.6 Å². The fraction of sp³-hybridized carbons (Fsp3) is 0.588. The largest absolute Gasteiger partial charge is 0.490 e. The minimum Gasteiger partial charge on any atom is -0.490 e. The van der Waals surface area contributed by atoms with E-state index in [1.54, 1.807) is 4.90 Å². The predicted molar refractivity (Wildman–Crippen MR) is 82.4 cm³/mol. The maximum absolute atomic E-state index is 13.5. The minimum atomic E-state index is -0.718. The van der Waals surface area contributed by atoms with E-state index in [0.29, 0.717) is 13.1 Å². The average Bonchev–Trinajstić information content (AvgIpc) is 2.45. The number of halogens is 2. The zero-order valence-corrected chi connectivity index (χ0v) is 13.8. The van der Waals surface area contributed by atoms with Gasteiger partial charge in [-0.1, -0.05) is 0 Å². The van der Waals surface area contributed by atoms with Crippen molar-refractivity contribution in [1.82, 2.24) is 4.90 Å². The molecular formula is C17H23F2NO3. The van der Waals surface area contributed by atoms with Gasteiger partial charge in [0.2, 0.25) is 0 Å². The molecule has 0 aliphatic carbocycles. The van der Waals surface area contributed by atoms with Crippen LogP contribution in [0.3, 0.4) is 0 Å². The maximum atomic E-state index is 13.5. The highest BCUT2D eigenvalue weighted by Gasteiger charge is 2.28. The van der Waals surface area contributed by atoms with E-state index in [2.05, 4.69) is 0 Å². The lowest BCUT2D eigenvalue weighted by Gasteiger charge is -2.34. The Labute approximate surface area is 135 Å². The summed E-state index contributed by atoms with van der Waals surface area (Å²) in [5, 5.41) is 0. The smallest absolute Gasteiger partial charge is 0.410 e. The molecule has 0 aromatic heterocycles. The quantitative estimate of drug-likeness (QED) is 0.842. The summed E-state index contributed by atoms with van der Waals surface area (Å²) in [6.45, 7) is 6.92. The van der Waals surface area contributed by atoms with Crippen LogP contribution in [0.2, 0.25) is 0 Å². The normalized spacial score (nSPS) is 18.7. The first kappa shape index (κ1) is 17.5. The molecular weight excluding hydrogens is 304 g/mol. The van der Waals surface area contributed by atoms with Crippen molar-refractivity contribution in [3.8, 4) is 5.75 Å². The molecule has 1 saturated heterocycles. The number of benzene rings is 1. The molecule has 1 atom stereocenters. The zero-order valence-electron chi connectivity index (χ0n) is 13.8. The Hall–Kier alpha value is -1.85. The number of likely N-dealkylation sites (tertiary alicyclic amines) is 1. The predicted octanol–water partition coefficient (Wildman–Crippen LogP) is 3.99. The van der Waals surface area contributed by atoms with Crippen LogP contribution in [-0.2, 0) is 4.74 Å². The molecule has 4 nitrogen and oxygen atoms in total. The Morgan fingerprint density at radius 1 is 1.35 bits per heavy atom. The molecule has 128 valence electrons. The lowest BCUT2D eigenvalue weighted by atomic mass is 9.99. The fourth-order valence-electron chi connectivity index (χ4n) is 2.49. The summed E-state index contributed by atoms with van der Waals surface area (Å²) in [6, 6.07) is 3.23. The molecule has 23 heavy (non-hydrogen) atoms. The number of hydrogen-bond acceptors (Lipinski definition) is 3. The highest BCUT2D eigenvalue weighted by atomic mass is 19.1. The Kier molecular flexibility index (Phi) is 5.44. The molecule has 1 heterocycles. The molecule has 0 bridgehead atoms. The second-order valence-corrected chi connectivity index (χ2v) is 6.82. The number of piperidine rings is 1. The van der Waals surface area contributed by atoms with Crippen LogP contribution in [0.4, 0.5) is 13.6 Å². The highest BCUT2D eigenvalue weighted by Crippen LogP contribution is 2.22. The van der Waals surface area contributed by atoms with Crippen LogP contribution in [0.25, 0.3) is 0 Å². The van der Waals surface area contributed by atoms with Crippen molar-refractivity contribution in [3.63, 3.8) is 0 Å². The van der Waals surface area contributed by atoms with Gasteiger partial charge < -0.3 is 14.4 Å². The molecule has 0 unspecified atom stereocenters. The summed E-state index contributed by atoms with van der Waals surface area (Å²) in [4.78, 5) is 13.7. The molecule has 0 saturated carbocycles. The second kappa shape index (κ2) is 7.15. The van der Waals surface area contributed by atoms with E-state index in [4.69, 9.17) is 9.47 Å². The van der Waals surface area contributed by atoms with Gasteiger partial charge in [0.05, 0.1) is 6.61 Å². The van der Waals surface area contributed by atoms with E-state index in [-0.39, 0.29) is 24.4 Å². The van der Waals surface area contributed by atoms with Crippen LogP contribution in [0.5, 0.6) is 5.75 Å².